The zero-order valence-electron chi connectivity index (χ0n) is 12.1. The Morgan fingerprint density at radius 3 is 2.05 bits per heavy atom. The molecular weight excluding hydrogens is 323 g/mol. The van der Waals surface area contributed by atoms with E-state index in [1.165, 1.54) is 15.6 Å². The third kappa shape index (κ3) is 6.18. The summed E-state index contributed by atoms with van der Waals surface area (Å²) in [6.45, 7) is 5.52. The van der Waals surface area contributed by atoms with Crippen LogP contribution in [0.15, 0.2) is 30.9 Å². The van der Waals surface area contributed by atoms with Crippen molar-refractivity contribution in [3.05, 3.63) is 42.0 Å². The van der Waals surface area contributed by atoms with Crippen LogP contribution in [0, 0.1) is 0 Å². The molecule has 0 heterocycles. The van der Waals surface area contributed by atoms with Crippen molar-refractivity contribution in [2.45, 2.75) is 18.5 Å². The van der Waals surface area contributed by atoms with Crippen molar-refractivity contribution in [2.24, 2.45) is 0 Å². The van der Waals surface area contributed by atoms with E-state index in [0.29, 0.717) is 41.8 Å². The predicted octanol–water partition coefficient (Wildman–Crippen LogP) is 1.86. The van der Waals surface area contributed by atoms with Crippen molar-refractivity contribution in [1.82, 2.24) is 0 Å². The van der Waals surface area contributed by atoms with E-state index >= 15 is 0 Å². The fourth-order valence-electron chi connectivity index (χ4n) is 1.66. The van der Waals surface area contributed by atoms with Crippen LogP contribution in [0.5, 0.6) is 0 Å². The summed E-state index contributed by atoms with van der Waals surface area (Å²) in [7, 11) is 3.25. The Hall–Kier alpha value is -0.681. The van der Waals surface area contributed by atoms with E-state index in [2.05, 4.69) is 18.7 Å². The monoisotopic (exact) mass is 346 g/mol. The molecule has 0 unspecified atom stereocenters. The average molecular weight is 345 g/mol. The standard InChI is InChI=1S/C15H22O4Se/c1-4-8-20-15-13(9-18-11-16-2)6-5-7-14(15)10-19-12-17-3/h4-7H,1,8-12H2,2-3H3. The molecule has 0 aromatic heterocycles. The second-order valence-electron chi connectivity index (χ2n) is 4.02. The maximum atomic E-state index is 5.47. The fourth-order valence-corrected chi connectivity index (χ4v) is 3.57. The van der Waals surface area contributed by atoms with Crippen molar-refractivity contribution >= 4 is 19.4 Å². The van der Waals surface area contributed by atoms with Crippen molar-refractivity contribution in [3.8, 4) is 0 Å². The van der Waals surface area contributed by atoms with Crippen LogP contribution in [-0.4, -0.2) is 42.8 Å². The number of allylic oxidation sites excluding steroid dienone is 1. The molecule has 112 valence electrons. The van der Waals surface area contributed by atoms with E-state index in [9.17, 15) is 0 Å². The van der Waals surface area contributed by atoms with Gasteiger partial charge in [0.05, 0.1) is 0 Å². The first-order chi connectivity index (χ1) is 9.83. The zero-order chi connectivity index (χ0) is 14.6. The van der Waals surface area contributed by atoms with Crippen molar-refractivity contribution in [2.75, 3.05) is 27.8 Å². The number of ether oxygens (including phenoxy) is 4. The number of hydrogen-bond acceptors (Lipinski definition) is 4. The van der Waals surface area contributed by atoms with Crippen LogP contribution in [0.3, 0.4) is 0 Å². The number of hydrogen-bond donors (Lipinski definition) is 0. The van der Waals surface area contributed by atoms with Crippen LogP contribution < -0.4 is 4.46 Å². The first-order valence-corrected chi connectivity index (χ1v) is 8.38. The third-order valence-corrected chi connectivity index (χ3v) is 4.99. The van der Waals surface area contributed by atoms with Gasteiger partial charge in [-0.1, -0.05) is 0 Å². The number of methoxy groups -OCH3 is 2. The van der Waals surface area contributed by atoms with Gasteiger partial charge in [0.2, 0.25) is 0 Å². The molecular formula is C15H22O4Se. The van der Waals surface area contributed by atoms with E-state index in [1.54, 1.807) is 14.2 Å². The molecule has 4 nitrogen and oxygen atoms in total. The van der Waals surface area contributed by atoms with E-state index in [-0.39, 0.29) is 0 Å². The van der Waals surface area contributed by atoms with Gasteiger partial charge in [0, 0.05) is 0 Å². The molecule has 0 aliphatic rings. The van der Waals surface area contributed by atoms with Crippen molar-refractivity contribution in [1.29, 1.82) is 0 Å². The Bertz CT molecular complexity index is 367. The van der Waals surface area contributed by atoms with Crippen molar-refractivity contribution < 1.29 is 18.9 Å². The van der Waals surface area contributed by atoms with Gasteiger partial charge in [-0.25, -0.2) is 0 Å². The van der Waals surface area contributed by atoms with Gasteiger partial charge in [0.25, 0.3) is 0 Å². The Kier molecular flexibility index (Phi) is 9.58. The van der Waals surface area contributed by atoms with E-state index in [0.717, 1.165) is 5.32 Å². The van der Waals surface area contributed by atoms with Crippen LogP contribution in [0.2, 0.25) is 5.32 Å². The summed E-state index contributed by atoms with van der Waals surface area (Å²) in [4.78, 5) is 0. The van der Waals surface area contributed by atoms with Crippen LogP contribution in [-0.2, 0) is 32.2 Å². The third-order valence-electron chi connectivity index (χ3n) is 2.44. The van der Waals surface area contributed by atoms with Crippen LogP contribution in [0.1, 0.15) is 11.1 Å². The fraction of sp³-hybridized carbons (Fsp3) is 0.467. The summed E-state index contributed by atoms with van der Waals surface area (Å²) in [5.41, 5.74) is 2.39. The number of benzene rings is 1. The van der Waals surface area contributed by atoms with Gasteiger partial charge < -0.3 is 0 Å². The van der Waals surface area contributed by atoms with E-state index in [1.807, 2.05) is 12.1 Å². The Labute approximate surface area is 127 Å². The van der Waals surface area contributed by atoms with Gasteiger partial charge in [-0.15, -0.1) is 0 Å². The van der Waals surface area contributed by atoms with Gasteiger partial charge in [-0.05, 0) is 0 Å². The summed E-state index contributed by atoms with van der Waals surface area (Å²) in [5.74, 6) is 0. The normalized spacial score (nSPS) is 10.7. The molecule has 0 N–H and O–H groups in total. The van der Waals surface area contributed by atoms with Gasteiger partial charge in [-0.2, -0.15) is 0 Å². The second kappa shape index (κ2) is 11.0. The summed E-state index contributed by atoms with van der Waals surface area (Å²) >= 11 is 0.334. The van der Waals surface area contributed by atoms with E-state index < -0.39 is 0 Å². The average Bonchev–Trinajstić information content (AvgIpc) is 2.47. The Balaban J connectivity index is 2.78. The number of rotatable bonds is 11. The molecule has 5 heteroatoms. The summed E-state index contributed by atoms with van der Waals surface area (Å²) in [6, 6.07) is 6.22. The molecule has 0 spiro atoms. The van der Waals surface area contributed by atoms with Gasteiger partial charge >= 0.3 is 127 Å². The summed E-state index contributed by atoms with van der Waals surface area (Å²) in [6.07, 6.45) is 1.95. The molecule has 0 bridgehead atoms. The molecule has 0 saturated carbocycles. The van der Waals surface area contributed by atoms with Crippen LogP contribution >= 0.6 is 0 Å². The molecule has 0 atom stereocenters. The second-order valence-corrected chi connectivity index (χ2v) is 6.18. The topological polar surface area (TPSA) is 36.9 Å². The molecule has 0 aliphatic carbocycles. The summed E-state index contributed by atoms with van der Waals surface area (Å²) in [5, 5.41) is 0.992. The van der Waals surface area contributed by atoms with Crippen molar-refractivity contribution in [3.63, 3.8) is 0 Å². The van der Waals surface area contributed by atoms with Gasteiger partial charge in [-0.3, -0.25) is 0 Å². The molecule has 1 aromatic rings. The van der Waals surface area contributed by atoms with Crippen LogP contribution in [0.4, 0.5) is 0 Å². The molecule has 0 amide bonds. The molecule has 1 aromatic carbocycles. The molecule has 0 radical (unpaired) electrons. The quantitative estimate of drug-likeness (QED) is 0.266. The minimum absolute atomic E-state index is 0.304. The molecule has 20 heavy (non-hydrogen) atoms. The van der Waals surface area contributed by atoms with Gasteiger partial charge in [0.1, 0.15) is 0 Å². The maximum absolute atomic E-state index is 5.47. The first kappa shape index (κ1) is 17.4. The van der Waals surface area contributed by atoms with Crippen LogP contribution in [0.25, 0.3) is 0 Å². The minimum atomic E-state index is 0.304. The van der Waals surface area contributed by atoms with Gasteiger partial charge in [0.15, 0.2) is 0 Å². The molecule has 0 aliphatic heterocycles. The first-order valence-electron chi connectivity index (χ1n) is 6.31. The molecule has 0 saturated heterocycles. The summed E-state index contributed by atoms with van der Waals surface area (Å²) < 4.78 is 22.1. The molecule has 1 rings (SSSR count). The molecule has 0 fully saturated rings. The predicted molar refractivity (Wildman–Crippen MR) is 80.2 cm³/mol. The Morgan fingerprint density at radius 2 is 1.60 bits per heavy atom. The zero-order valence-corrected chi connectivity index (χ0v) is 13.8. The Morgan fingerprint density at radius 1 is 1.05 bits per heavy atom. The SMILES string of the molecule is C=CC[Se]c1c(COCOC)cccc1COCOC. The van der Waals surface area contributed by atoms with E-state index in [4.69, 9.17) is 18.9 Å².